The van der Waals surface area contributed by atoms with Crippen LogP contribution in [0.2, 0.25) is 0 Å². The molecular weight excluding hydrogens is 290 g/mol. The third kappa shape index (κ3) is 4.03. The van der Waals surface area contributed by atoms with Gasteiger partial charge in [0, 0.05) is 11.8 Å². The molecule has 1 saturated carbocycles. The maximum atomic E-state index is 4.72. The quantitative estimate of drug-likeness (QED) is 0.567. The molecule has 124 valence electrons. The average Bonchev–Trinajstić information content (AvgIpc) is 2.64. The Kier molecular flexibility index (Phi) is 5.63. The van der Waals surface area contributed by atoms with Crippen molar-refractivity contribution in [3.63, 3.8) is 0 Å². The SMILES string of the molecule is C=CCc1ccc(-c2ccc([C@H]3CC[C@H](CC=C)CC3)cn2)cc1. The summed E-state index contributed by atoms with van der Waals surface area (Å²) in [6.45, 7) is 7.66. The second-order valence-electron chi connectivity index (χ2n) is 6.91. The van der Waals surface area contributed by atoms with Gasteiger partial charge in [0.05, 0.1) is 5.69 Å². The van der Waals surface area contributed by atoms with Gasteiger partial charge in [0.15, 0.2) is 0 Å². The summed E-state index contributed by atoms with van der Waals surface area (Å²) in [5.74, 6) is 1.53. The molecule has 1 aliphatic carbocycles. The van der Waals surface area contributed by atoms with Gasteiger partial charge in [-0.05, 0) is 67.6 Å². The van der Waals surface area contributed by atoms with Crippen molar-refractivity contribution in [2.24, 2.45) is 5.92 Å². The molecule has 0 bridgehead atoms. The summed E-state index contributed by atoms with van der Waals surface area (Å²) < 4.78 is 0. The standard InChI is InChI=1S/C23H27N/c1-3-5-18-7-11-20(12-8-18)22-15-16-23(24-17-22)21-13-9-19(6-4-2)10-14-21/h3-4,9-10,13-18,20H,1-2,5-8,11-12H2/t18-,20-. The lowest BCUT2D eigenvalue weighted by atomic mass is 9.78. The molecule has 0 unspecified atom stereocenters. The minimum atomic E-state index is 0.683. The Bertz CT molecular complexity index is 658. The lowest BCUT2D eigenvalue weighted by molar-refractivity contribution is 0.328. The van der Waals surface area contributed by atoms with Crippen molar-refractivity contribution in [1.82, 2.24) is 4.98 Å². The van der Waals surface area contributed by atoms with Crippen LogP contribution in [-0.2, 0) is 6.42 Å². The van der Waals surface area contributed by atoms with Gasteiger partial charge in [-0.15, -0.1) is 13.2 Å². The molecule has 0 radical (unpaired) electrons. The first kappa shape index (κ1) is 16.7. The van der Waals surface area contributed by atoms with Crippen molar-refractivity contribution in [2.75, 3.05) is 0 Å². The minimum Gasteiger partial charge on any atom is -0.256 e. The molecule has 1 nitrogen and oxygen atoms in total. The molecule has 1 heterocycles. The van der Waals surface area contributed by atoms with Gasteiger partial charge in [-0.25, -0.2) is 0 Å². The van der Waals surface area contributed by atoms with Gasteiger partial charge in [-0.3, -0.25) is 4.98 Å². The van der Waals surface area contributed by atoms with Gasteiger partial charge in [0.1, 0.15) is 0 Å². The molecule has 3 rings (SSSR count). The van der Waals surface area contributed by atoms with Gasteiger partial charge in [-0.1, -0.05) is 42.5 Å². The summed E-state index contributed by atoms with van der Waals surface area (Å²) in [6, 6.07) is 13.1. The molecule has 0 N–H and O–H groups in total. The second-order valence-corrected chi connectivity index (χ2v) is 6.91. The highest BCUT2D eigenvalue weighted by Crippen LogP contribution is 2.37. The zero-order valence-corrected chi connectivity index (χ0v) is 14.5. The van der Waals surface area contributed by atoms with Crippen LogP contribution in [0.25, 0.3) is 11.3 Å². The number of hydrogen-bond acceptors (Lipinski definition) is 1. The number of benzene rings is 1. The fourth-order valence-electron chi connectivity index (χ4n) is 3.76. The van der Waals surface area contributed by atoms with Gasteiger partial charge in [0.25, 0.3) is 0 Å². The molecule has 1 aromatic heterocycles. The summed E-state index contributed by atoms with van der Waals surface area (Å²) in [7, 11) is 0. The Morgan fingerprint density at radius 3 is 2.25 bits per heavy atom. The molecular formula is C23H27N. The number of pyridine rings is 1. The van der Waals surface area contributed by atoms with Crippen molar-refractivity contribution in [1.29, 1.82) is 0 Å². The Balaban J connectivity index is 1.65. The predicted octanol–water partition coefficient (Wildman–Crippen LogP) is 6.33. The maximum Gasteiger partial charge on any atom is 0.0702 e. The first-order valence-corrected chi connectivity index (χ1v) is 9.07. The Hall–Kier alpha value is -2.15. The first-order valence-electron chi connectivity index (χ1n) is 9.07. The lowest BCUT2D eigenvalue weighted by Gasteiger charge is -2.28. The van der Waals surface area contributed by atoms with Crippen LogP contribution in [0.3, 0.4) is 0 Å². The highest BCUT2D eigenvalue weighted by atomic mass is 14.7. The van der Waals surface area contributed by atoms with Crippen molar-refractivity contribution < 1.29 is 0 Å². The third-order valence-corrected chi connectivity index (χ3v) is 5.23. The average molecular weight is 317 g/mol. The fraction of sp³-hybridized carbons (Fsp3) is 0.348. The van der Waals surface area contributed by atoms with Crippen LogP contribution < -0.4 is 0 Å². The van der Waals surface area contributed by atoms with E-state index in [9.17, 15) is 0 Å². The van der Waals surface area contributed by atoms with Crippen molar-refractivity contribution in [3.8, 4) is 11.3 Å². The molecule has 2 aromatic rings. The predicted molar refractivity (Wildman–Crippen MR) is 103 cm³/mol. The first-order chi connectivity index (χ1) is 11.8. The van der Waals surface area contributed by atoms with E-state index >= 15 is 0 Å². The highest BCUT2D eigenvalue weighted by molar-refractivity contribution is 5.59. The van der Waals surface area contributed by atoms with Crippen molar-refractivity contribution in [2.45, 2.75) is 44.4 Å². The molecule has 1 aliphatic rings. The number of nitrogens with zero attached hydrogens (tertiary/aromatic N) is 1. The Morgan fingerprint density at radius 1 is 0.917 bits per heavy atom. The summed E-state index contributed by atoms with van der Waals surface area (Å²) in [6.07, 6.45) is 13.4. The van der Waals surface area contributed by atoms with E-state index in [1.807, 2.05) is 6.08 Å². The van der Waals surface area contributed by atoms with Gasteiger partial charge >= 0.3 is 0 Å². The molecule has 0 amide bonds. The molecule has 1 fully saturated rings. The van der Waals surface area contributed by atoms with E-state index in [2.05, 4.69) is 61.8 Å². The van der Waals surface area contributed by atoms with E-state index in [4.69, 9.17) is 4.98 Å². The van der Waals surface area contributed by atoms with Crippen LogP contribution in [-0.4, -0.2) is 4.98 Å². The summed E-state index contributed by atoms with van der Waals surface area (Å²) in [4.78, 5) is 4.72. The van der Waals surface area contributed by atoms with Gasteiger partial charge in [-0.2, -0.15) is 0 Å². The Labute approximate surface area is 146 Å². The maximum absolute atomic E-state index is 4.72. The second kappa shape index (κ2) is 8.10. The van der Waals surface area contributed by atoms with Gasteiger partial charge in [0.2, 0.25) is 0 Å². The van der Waals surface area contributed by atoms with Crippen LogP contribution in [0.5, 0.6) is 0 Å². The highest BCUT2D eigenvalue weighted by Gasteiger charge is 2.21. The zero-order valence-electron chi connectivity index (χ0n) is 14.5. The number of aromatic nitrogens is 1. The molecule has 0 aliphatic heterocycles. The summed E-state index contributed by atoms with van der Waals surface area (Å²) >= 11 is 0. The Morgan fingerprint density at radius 2 is 1.67 bits per heavy atom. The van der Waals surface area contributed by atoms with Crippen LogP contribution in [0.4, 0.5) is 0 Å². The molecule has 0 atom stereocenters. The van der Waals surface area contributed by atoms with E-state index in [-0.39, 0.29) is 0 Å². The van der Waals surface area contributed by atoms with Gasteiger partial charge < -0.3 is 0 Å². The topological polar surface area (TPSA) is 12.9 Å². The summed E-state index contributed by atoms with van der Waals surface area (Å²) in [5.41, 5.74) is 4.94. The van der Waals surface area contributed by atoms with E-state index < -0.39 is 0 Å². The molecule has 24 heavy (non-hydrogen) atoms. The molecule has 0 spiro atoms. The fourth-order valence-corrected chi connectivity index (χ4v) is 3.76. The minimum absolute atomic E-state index is 0.683. The van der Waals surface area contributed by atoms with Crippen LogP contribution in [0.15, 0.2) is 67.9 Å². The normalized spacial score (nSPS) is 20.5. The zero-order chi connectivity index (χ0) is 16.8. The van der Waals surface area contributed by atoms with E-state index in [1.54, 1.807) is 0 Å². The molecule has 0 saturated heterocycles. The van der Waals surface area contributed by atoms with Crippen LogP contribution >= 0.6 is 0 Å². The molecule has 1 aromatic carbocycles. The van der Waals surface area contributed by atoms with E-state index in [0.717, 1.165) is 18.0 Å². The van der Waals surface area contributed by atoms with Crippen LogP contribution in [0, 0.1) is 5.92 Å². The third-order valence-electron chi connectivity index (χ3n) is 5.23. The lowest BCUT2D eigenvalue weighted by Crippen LogP contribution is -2.13. The van der Waals surface area contributed by atoms with E-state index in [0.29, 0.717) is 5.92 Å². The van der Waals surface area contributed by atoms with Crippen LogP contribution in [0.1, 0.15) is 49.1 Å². The monoisotopic (exact) mass is 317 g/mol. The van der Waals surface area contributed by atoms with E-state index in [1.165, 1.54) is 48.8 Å². The number of allylic oxidation sites excluding steroid dienone is 2. The summed E-state index contributed by atoms with van der Waals surface area (Å²) in [5, 5.41) is 0. The molecule has 1 heteroatoms. The number of hydrogen-bond donors (Lipinski definition) is 0. The smallest absolute Gasteiger partial charge is 0.0702 e. The van der Waals surface area contributed by atoms with Crippen molar-refractivity contribution in [3.05, 3.63) is 79.0 Å². The largest absolute Gasteiger partial charge is 0.256 e. The number of rotatable bonds is 6. The van der Waals surface area contributed by atoms with Crippen molar-refractivity contribution >= 4 is 0 Å².